The summed E-state index contributed by atoms with van der Waals surface area (Å²) in [7, 11) is 0. The Morgan fingerprint density at radius 2 is 1.90 bits per heavy atom. The number of hydrogen-bond acceptors (Lipinski definition) is 5. The lowest BCUT2D eigenvalue weighted by atomic mass is 10.1. The third kappa shape index (κ3) is 2.82. The highest BCUT2D eigenvalue weighted by atomic mass is 16.5. The number of nitriles is 1. The molecule has 0 saturated heterocycles. The predicted octanol–water partition coefficient (Wildman–Crippen LogP) is 2.25. The summed E-state index contributed by atoms with van der Waals surface area (Å²) in [4.78, 5) is 29.6. The number of ether oxygens (including phenoxy) is 1. The molecule has 0 atom stereocenters. The highest BCUT2D eigenvalue weighted by Crippen LogP contribution is 2.29. The molecule has 0 aliphatic carbocycles. The number of Topliss-reactive ketones (excluding diaryl/α,β-unsaturated/α-hetero) is 1. The summed E-state index contributed by atoms with van der Waals surface area (Å²) in [6.45, 7) is 4.84. The van der Waals surface area contributed by atoms with Crippen LogP contribution in [0.3, 0.4) is 0 Å². The summed E-state index contributed by atoms with van der Waals surface area (Å²) in [5.41, 5.74) is 1.35. The van der Waals surface area contributed by atoms with E-state index in [-0.39, 0.29) is 17.2 Å². The predicted molar refractivity (Wildman–Crippen MR) is 75.6 cm³/mol. The standard InChI is InChI=1S/C15H13N3O3/c1-8-4-11(6-16)5-9(2)13(8)21-14-12(10(3)19)17-7-18-15(14)20/h4-5,7H,1-3H3,(H,17,18,20). The number of nitrogens with zero attached hydrogens (tertiary/aromatic N) is 2. The number of carbonyl (C=O) groups is 1. The van der Waals surface area contributed by atoms with E-state index in [1.165, 1.54) is 6.92 Å². The molecule has 2 aromatic rings. The maximum atomic E-state index is 11.9. The molecule has 0 saturated carbocycles. The molecule has 0 unspecified atom stereocenters. The molecule has 106 valence electrons. The molecule has 6 heteroatoms. The van der Waals surface area contributed by atoms with E-state index in [4.69, 9.17) is 10.00 Å². The average molecular weight is 283 g/mol. The number of ketones is 1. The Morgan fingerprint density at radius 3 is 2.43 bits per heavy atom. The largest absolute Gasteiger partial charge is 0.449 e. The number of H-pyrrole nitrogens is 1. The van der Waals surface area contributed by atoms with Crippen LogP contribution in [0, 0.1) is 25.2 Å². The van der Waals surface area contributed by atoms with Crippen LogP contribution in [-0.4, -0.2) is 15.8 Å². The van der Waals surface area contributed by atoms with Crippen molar-refractivity contribution < 1.29 is 9.53 Å². The van der Waals surface area contributed by atoms with Gasteiger partial charge in [-0.05, 0) is 37.1 Å². The van der Waals surface area contributed by atoms with Gasteiger partial charge in [-0.3, -0.25) is 9.59 Å². The number of carbonyl (C=O) groups excluding carboxylic acids is 1. The average Bonchev–Trinajstić information content (AvgIpc) is 2.43. The second-order valence-corrected chi connectivity index (χ2v) is 4.62. The zero-order valence-electron chi connectivity index (χ0n) is 11.9. The van der Waals surface area contributed by atoms with Gasteiger partial charge in [0, 0.05) is 6.92 Å². The molecule has 6 nitrogen and oxygen atoms in total. The van der Waals surface area contributed by atoms with Gasteiger partial charge < -0.3 is 9.72 Å². The first-order chi connectivity index (χ1) is 9.93. The quantitative estimate of drug-likeness (QED) is 0.871. The van der Waals surface area contributed by atoms with Gasteiger partial charge in [-0.1, -0.05) is 0 Å². The van der Waals surface area contributed by atoms with Crippen LogP contribution < -0.4 is 10.3 Å². The van der Waals surface area contributed by atoms with Crippen LogP contribution in [-0.2, 0) is 0 Å². The Hall–Kier alpha value is -2.94. The minimum Gasteiger partial charge on any atom is -0.449 e. The normalized spacial score (nSPS) is 10.0. The number of aromatic nitrogens is 2. The molecule has 0 radical (unpaired) electrons. The van der Waals surface area contributed by atoms with Crippen molar-refractivity contribution in [3.8, 4) is 17.6 Å². The maximum Gasteiger partial charge on any atom is 0.294 e. The number of nitrogens with one attached hydrogen (secondary N) is 1. The lowest BCUT2D eigenvalue weighted by Gasteiger charge is -2.12. The van der Waals surface area contributed by atoms with E-state index in [9.17, 15) is 9.59 Å². The van der Waals surface area contributed by atoms with Crippen molar-refractivity contribution in [1.29, 1.82) is 5.26 Å². The third-order valence-electron chi connectivity index (χ3n) is 2.94. The SMILES string of the molecule is CC(=O)c1nc[nH]c(=O)c1Oc1c(C)cc(C#N)cc1C. The van der Waals surface area contributed by atoms with Crippen molar-refractivity contribution in [3.63, 3.8) is 0 Å². The van der Waals surface area contributed by atoms with E-state index in [2.05, 4.69) is 16.0 Å². The van der Waals surface area contributed by atoms with E-state index in [0.29, 0.717) is 22.4 Å². The van der Waals surface area contributed by atoms with Crippen molar-refractivity contribution in [3.05, 3.63) is 51.2 Å². The van der Waals surface area contributed by atoms with Gasteiger partial charge in [0.1, 0.15) is 5.75 Å². The first-order valence-corrected chi connectivity index (χ1v) is 6.22. The van der Waals surface area contributed by atoms with Crippen molar-refractivity contribution >= 4 is 5.78 Å². The molecule has 0 bridgehead atoms. The molecule has 21 heavy (non-hydrogen) atoms. The van der Waals surface area contributed by atoms with E-state index < -0.39 is 5.56 Å². The van der Waals surface area contributed by atoms with Crippen LogP contribution in [0.25, 0.3) is 0 Å². The van der Waals surface area contributed by atoms with E-state index in [1.807, 2.05) is 0 Å². The number of hydrogen-bond donors (Lipinski definition) is 1. The number of benzene rings is 1. The minimum atomic E-state index is -0.529. The topological polar surface area (TPSA) is 95.8 Å². The van der Waals surface area contributed by atoms with Crippen molar-refractivity contribution in [2.75, 3.05) is 0 Å². The van der Waals surface area contributed by atoms with Crippen LogP contribution in [0.1, 0.15) is 34.1 Å². The molecular formula is C15H13N3O3. The highest BCUT2D eigenvalue weighted by Gasteiger charge is 2.17. The highest BCUT2D eigenvalue weighted by molar-refractivity contribution is 5.94. The lowest BCUT2D eigenvalue weighted by molar-refractivity contribution is 0.101. The monoisotopic (exact) mass is 283 g/mol. The number of aromatic amines is 1. The van der Waals surface area contributed by atoms with Crippen molar-refractivity contribution in [2.24, 2.45) is 0 Å². The summed E-state index contributed by atoms with van der Waals surface area (Å²) >= 11 is 0. The van der Waals surface area contributed by atoms with Gasteiger partial charge in [0.15, 0.2) is 11.5 Å². The maximum absolute atomic E-state index is 11.9. The lowest BCUT2D eigenvalue weighted by Crippen LogP contribution is -2.15. The van der Waals surface area contributed by atoms with E-state index >= 15 is 0 Å². The molecule has 0 aliphatic rings. The Kier molecular flexibility index (Phi) is 3.85. The summed E-state index contributed by atoms with van der Waals surface area (Å²) in [5, 5.41) is 8.93. The smallest absolute Gasteiger partial charge is 0.294 e. The number of rotatable bonds is 3. The Morgan fingerprint density at radius 1 is 1.29 bits per heavy atom. The fraction of sp³-hybridized carbons (Fsp3) is 0.200. The molecule has 0 amide bonds. The second-order valence-electron chi connectivity index (χ2n) is 4.62. The fourth-order valence-electron chi connectivity index (χ4n) is 2.01. The van der Waals surface area contributed by atoms with Gasteiger partial charge in [-0.2, -0.15) is 5.26 Å². The Balaban J connectivity index is 2.57. The number of aryl methyl sites for hydroxylation is 2. The second kappa shape index (κ2) is 5.59. The molecule has 0 spiro atoms. The minimum absolute atomic E-state index is 0.0260. The molecule has 0 fully saturated rings. The fourth-order valence-corrected chi connectivity index (χ4v) is 2.01. The first kappa shape index (κ1) is 14.5. The van der Waals surface area contributed by atoms with Crippen LogP contribution in [0.2, 0.25) is 0 Å². The van der Waals surface area contributed by atoms with Crippen molar-refractivity contribution in [1.82, 2.24) is 9.97 Å². The Labute approximate surface area is 121 Å². The summed E-state index contributed by atoms with van der Waals surface area (Å²) in [5.74, 6) is -0.0593. The van der Waals surface area contributed by atoms with Gasteiger partial charge in [0.25, 0.3) is 5.56 Å². The molecule has 2 rings (SSSR count). The van der Waals surface area contributed by atoms with Crippen LogP contribution in [0.15, 0.2) is 23.3 Å². The van der Waals surface area contributed by atoms with Crippen molar-refractivity contribution in [2.45, 2.75) is 20.8 Å². The zero-order valence-corrected chi connectivity index (χ0v) is 11.9. The molecular weight excluding hydrogens is 270 g/mol. The molecule has 1 N–H and O–H groups in total. The van der Waals surface area contributed by atoms with Gasteiger partial charge in [0.05, 0.1) is 18.0 Å². The molecule has 1 aromatic carbocycles. The first-order valence-electron chi connectivity index (χ1n) is 6.22. The van der Waals surface area contributed by atoms with Gasteiger partial charge in [-0.25, -0.2) is 4.98 Å². The Bertz CT molecular complexity index is 793. The zero-order chi connectivity index (χ0) is 15.6. The van der Waals surface area contributed by atoms with E-state index in [0.717, 1.165) is 6.33 Å². The summed E-state index contributed by atoms with van der Waals surface area (Å²) < 4.78 is 5.63. The molecule has 1 aromatic heterocycles. The van der Waals surface area contributed by atoms with Gasteiger partial charge in [-0.15, -0.1) is 0 Å². The van der Waals surface area contributed by atoms with Crippen LogP contribution >= 0.6 is 0 Å². The molecule has 0 aliphatic heterocycles. The summed E-state index contributed by atoms with van der Waals surface area (Å²) in [6.07, 6.45) is 1.16. The van der Waals surface area contributed by atoms with Crippen LogP contribution in [0.4, 0.5) is 0 Å². The van der Waals surface area contributed by atoms with Gasteiger partial charge >= 0.3 is 0 Å². The molecule has 1 heterocycles. The summed E-state index contributed by atoms with van der Waals surface area (Å²) in [6, 6.07) is 5.36. The van der Waals surface area contributed by atoms with Gasteiger partial charge in [0.2, 0.25) is 5.75 Å². The van der Waals surface area contributed by atoms with Crippen LogP contribution in [0.5, 0.6) is 11.5 Å². The van der Waals surface area contributed by atoms with E-state index in [1.54, 1.807) is 26.0 Å². The third-order valence-corrected chi connectivity index (χ3v) is 2.94.